The summed E-state index contributed by atoms with van der Waals surface area (Å²) < 4.78 is 4.83. The second kappa shape index (κ2) is 9.46. The summed E-state index contributed by atoms with van der Waals surface area (Å²) in [5.41, 5.74) is 6.38. The third-order valence-electron chi connectivity index (χ3n) is 7.02. The van der Waals surface area contributed by atoms with Gasteiger partial charge in [0.15, 0.2) is 5.78 Å². The van der Waals surface area contributed by atoms with E-state index in [-0.39, 0.29) is 17.6 Å². The van der Waals surface area contributed by atoms with E-state index in [4.69, 9.17) is 4.74 Å². The van der Waals surface area contributed by atoms with Crippen LogP contribution in [0.3, 0.4) is 0 Å². The quantitative estimate of drug-likeness (QED) is 0.487. The van der Waals surface area contributed by atoms with E-state index in [1.165, 1.54) is 19.6 Å². The molecule has 2 atom stereocenters. The van der Waals surface area contributed by atoms with Crippen LogP contribution in [0.5, 0.6) is 0 Å². The van der Waals surface area contributed by atoms with Gasteiger partial charge in [0.1, 0.15) is 0 Å². The van der Waals surface area contributed by atoms with Gasteiger partial charge in [-0.05, 0) is 54.7 Å². The topological polar surface area (TPSA) is 75.7 Å². The average Bonchev–Trinajstić information content (AvgIpc) is 3.03. The smallest absolute Gasteiger partial charge is 0.337 e. The Labute approximate surface area is 210 Å². The number of nitrogens with one attached hydrogen (secondary N) is 1. The van der Waals surface area contributed by atoms with Crippen LogP contribution in [-0.2, 0) is 14.3 Å². The summed E-state index contributed by atoms with van der Waals surface area (Å²) >= 11 is 0. The second-order valence-electron chi connectivity index (χ2n) is 9.38. The first-order valence-electron chi connectivity index (χ1n) is 12.0. The van der Waals surface area contributed by atoms with Gasteiger partial charge in [0.05, 0.1) is 30.1 Å². The Kier molecular flexibility index (Phi) is 6.18. The standard InChI is InChI=1S/C30H28N2O4/c1-18-8-10-20(11-9-18)23-16-25-28(27(34)17-23)29(21-12-14-22(15-13-21)30(35)36-3)32(19(2)33)26-7-5-4-6-24(26)31-25/h4-15,23,29,31H,16-17H2,1-3H3. The van der Waals surface area contributed by atoms with Gasteiger partial charge in [-0.3, -0.25) is 14.5 Å². The molecule has 1 heterocycles. The SMILES string of the molecule is COC(=O)c1ccc(C2C3=C(CC(c4ccc(C)cc4)CC3=O)Nc3ccccc3N2C(C)=O)cc1. The number of fused-ring (bicyclic) bond motifs is 1. The number of carbonyl (C=O) groups excluding carboxylic acids is 3. The van der Waals surface area contributed by atoms with Gasteiger partial charge in [0.25, 0.3) is 0 Å². The molecule has 1 aliphatic heterocycles. The van der Waals surface area contributed by atoms with Crippen molar-refractivity contribution in [3.05, 3.63) is 106 Å². The molecule has 2 unspecified atom stereocenters. The van der Waals surface area contributed by atoms with Crippen LogP contribution in [0.1, 0.15) is 58.8 Å². The third kappa shape index (κ3) is 4.19. The Hall–Kier alpha value is -4.19. The highest BCUT2D eigenvalue weighted by molar-refractivity contribution is 6.06. The number of allylic oxidation sites excluding steroid dienone is 1. The number of benzene rings is 3. The van der Waals surface area contributed by atoms with Crippen LogP contribution in [0.2, 0.25) is 0 Å². The van der Waals surface area contributed by atoms with E-state index in [2.05, 4.69) is 29.6 Å². The molecular formula is C30H28N2O4. The maximum atomic E-state index is 13.8. The summed E-state index contributed by atoms with van der Waals surface area (Å²) in [6, 6.07) is 22.3. The molecule has 0 spiro atoms. The summed E-state index contributed by atoms with van der Waals surface area (Å²) in [5.74, 6) is -0.556. The molecule has 0 aromatic heterocycles. The molecule has 0 saturated heterocycles. The average molecular weight is 481 g/mol. The molecule has 36 heavy (non-hydrogen) atoms. The van der Waals surface area contributed by atoms with Gasteiger partial charge < -0.3 is 10.1 Å². The van der Waals surface area contributed by atoms with E-state index in [1.54, 1.807) is 29.2 Å². The number of amides is 1. The first-order valence-corrected chi connectivity index (χ1v) is 12.0. The minimum absolute atomic E-state index is 0.00965. The number of hydrogen-bond acceptors (Lipinski definition) is 5. The number of hydrogen-bond donors (Lipinski definition) is 1. The van der Waals surface area contributed by atoms with E-state index >= 15 is 0 Å². The zero-order valence-corrected chi connectivity index (χ0v) is 20.6. The number of rotatable bonds is 3. The number of esters is 1. The number of methoxy groups -OCH3 is 1. The molecule has 0 saturated carbocycles. The van der Waals surface area contributed by atoms with Gasteiger partial charge in [-0.25, -0.2) is 4.79 Å². The molecule has 0 radical (unpaired) electrons. The van der Waals surface area contributed by atoms with Crippen molar-refractivity contribution in [1.82, 2.24) is 0 Å². The number of para-hydroxylation sites is 2. The fourth-order valence-electron chi connectivity index (χ4n) is 5.25. The first-order chi connectivity index (χ1) is 17.4. The van der Waals surface area contributed by atoms with Gasteiger partial charge in [0.2, 0.25) is 5.91 Å². The lowest BCUT2D eigenvalue weighted by molar-refractivity contribution is -0.117. The van der Waals surface area contributed by atoms with Crippen LogP contribution in [0.15, 0.2) is 84.1 Å². The van der Waals surface area contributed by atoms with Gasteiger partial charge in [-0.15, -0.1) is 0 Å². The minimum Gasteiger partial charge on any atom is -0.465 e. The molecule has 2 aliphatic rings. The number of Topliss-reactive ketones (excluding diaryl/α,β-unsaturated/α-hetero) is 1. The van der Waals surface area contributed by atoms with Crippen molar-refractivity contribution in [3.63, 3.8) is 0 Å². The van der Waals surface area contributed by atoms with Crippen molar-refractivity contribution in [1.29, 1.82) is 0 Å². The third-order valence-corrected chi connectivity index (χ3v) is 7.02. The molecule has 3 aromatic carbocycles. The van der Waals surface area contributed by atoms with Crippen LogP contribution < -0.4 is 10.2 Å². The fraction of sp³-hybridized carbons (Fsp3) is 0.233. The normalized spacial score (nSPS) is 19.1. The van der Waals surface area contributed by atoms with Gasteiger partial charge in [0, 0.05) is 24.6 Å². The van der Waals surface area contributed by atoms with Crippen LogP contribution in [0, 0.1) is 6.92 Å². The van der Waals surface area contributed by atoms with Crippen LogP contribution in [0.25, 0.3) is 0 Å². The summed E-state index contributed by atoms with van der Waals surface area (Å²) in [6.07, 6.45) is 1.02. The largest absolute Gasteiger partial charge is 0.465 e. The number of ether oxygens (including phenoxy) is 1. The Morgan fingerprint density at radius 3 is 2.25 bits per heavy atom. The van der Waals surface area contributed by atoms with Crippen LogP contribution in [0.4, 0.5) is 11.4 Å². The van der Waals surface area contributed by atoms with Crippen molar-refractivity contribution in [3.8, 4) is 0 Å². The zero-order chi connectivity index (χ0) is 25.4. The number of carbonyl (C=O) groups is 3. The molecule has 6 nitrogen and oxygen atoms in total. The molecule has 1 aliphatic carbocycles. The molecule has 3 aromatic rings. The van der Waals surface area contributed by atoms with Crippen LogP contribution >= 0.6 is 0 Å². The van der Waals surface area contributed by atoms with E-state index in [0.717, 1.165) is 22.5 Å². The number of aryl methyl sites for hydroxylation is 1. The van der Waals surface area contributed by atoms with E-state index in [9.17, 15) is 14.4 Å². The first kappa shape index (κ1) is 23.5. The summed E-state index contributed by atoms with van der Waals surface area (Å²) in [5, 5.41) is 3.52. The Bertz CT molecular complexity index is 1370. The van der Waals surface area contributed by atoms with E-state index < -0.39 is 12.0 Å². The predicted molar refractivity (Wildman–Crippen MR) is 139 cm³/mol. The second-order valence-corrected chi connectivity index (χ2v) is 9.38. The number of ketones is 1. The van der Waals surface area contributed by atoms with Crippen molar-refractivity contribution in [2.24, 2.45) is 0 Å². The molecule has 182 valence electrons. The Morgan fingerprint density at radius 1 is 0.917 bits per heavy atom. The summed E-state index contributed by atoms with van der Waals surface area (Å²) in [6.45, 7) is 3.56. The Balaban J connectivity index is 1.66. The van der Waals surface area contributed by atoms with Crippen molar-refractivity contribution in [2.45, 2.75) is 38.6 Å². The van der Waals surface area contributed by atoms with E-state index in [0.29, 0.717) is 29.7 Å². The van der Waals surface area contributed by atoms with Gasteiger partial charge in [-0.1, -0.05) is 54.1 Å². The lowest BCUT2D eigenvalue weighted by atomic mass is 9.78. The predicted octanol–water partition coefficient (Wildman–Crippen LogP) is 5.70. The lowest BCUT2D eigenvalue weighted by Crippen LogP contribution is -2.37. The number of anilines is 2. The zero-order valence-electron chi connectivity index (χ0n) is 20.6. The maximum absolute atomic E-state index is 13.8. The molecule has 0 fully saturated rings. The highest BCUT2D eigenvalue weighted by atomic mass is 16.5. The van der Waals surface area contributed by atoms with Crippen molar-refractivity contribution >= 4 is 29.0 Å². The monoisotopic (exact) mass is 480 g/mol. The molecule has 0 bridgehead atoms. The Morgan fingerprint density at radius 2 is 1.58 bits per heavy atom. The summed E-state index contributed by atoms with van der Waals surface area (Å²) in [4.78, 5) is 40.6. The highest BCUT2D eigenvalue weighted by Crippen LogP contribution is 2.47. The maximum Gasteiger partial charge on any atom is 0.337 e. The summed E-state index contributed by atoms with van der Waals surface area (Å²) in [7, 11) is 1.34. The lowest BCUT2D eigenvalue weighted by Gasteiger charge is -2.34. The number of nitrogens with zero attached hydrogens (tertiary/aromatic N) is 1. The highest BCUT2D eigenvalue weighted by Gasteiger charge is 2.40. The molecule has 5 rings (SSSR count). The van der Waals surface area contributed by atoms with Crippen molar-refractivity contribution < 1.29 is 19.1 Å². The van der Waals surface area contributed by atoms with Crippen LogP contribution in [-0.4, -0.2) is 24.8 Å². The van der Waals surface area contributed by atoms with Gasteiger partial charge >= 0.3 is 5.97 Å². The van der Waals surface area contributed by atoms with Gasteiger partial charge in [-0.2, -0.15) is 0 Å². The minimum atomic E-state index is -0.619. The van der Waals surface area contributed by atoms with Crippen molar-refractivity contribution in [2.75, 3.05) is 17.3 Å². The fourth-order valence-corrected chi connectivity index (χ4v) is 5.25. The molecular weight excluding hydrogens is 452 g/mol. The van der Waals surface area contributed by atoms with E-state index in [1.807, 2.05) is 31.2 Å². The molecule has 6 heteroatoms. The molecule has 1 N–H and O–H groups in total. The molecule has 1 amide bonds.